The molecule has 3 rings (SSSR count). The van der Waals surface area contributed by atoms with Crippen LogP contribution in [0, 0.1) is 6.92 Å². The van der Waals surface area contributed by atoms with Crippen LogP contribution in [0.15, 0.2) is 29.2 Å². The molecule has 1 atom stereocenters. The number of nitrogens with zero attached hydrogens (tertiary/aromatic N) is 4. The minimum atomic E-state index is -0.438. The Bertz CT molecular complexity index is 911. The average molecular weight is 395 g/mol. The highest BCUT2D eigenvalue weighted by Crippen LogP contribution is 2.30. The van der Waals surface area contributed by atoms with Crippen molar-refractivity contribution in [3.63, 3.8) is 0 Å². The molecule has 0 saturated carbocycles. The molecule has 6 nitrogen and oxygen atoms in total. The summed E-state index contributed by atoms with van der Waals surface area (Å²) in [6, 6.07) is 4.93. The van der Waals surface area contributed by atoms with Gasteiger partial charge in [0.05, 0.1) is 17.6 Å². The number of carbonyl (C=O) groups excluding carboxylic acids is 1. The molecule has 1 aromatic carbocycles. The maximum atomic E-state index is 12.8. The summed E-state index contributed by atoms with van der Waals surface area (Å²) in [4.78, 5) is 28.6. The standard InChI is InChI=1S/C18H20Cl2N4O2/c1-11-6-7-12(9-13(11)19)24-18(26)16(20)15(10-21-24)23-8-4-5-14(23)17(25)22(2)3/h6-7,9-10,14H,4-5,8H2,1-3H3. The van der Waals surface area contributed by atoms with Gasteiger partial charge < -0.3 is 9.80 Å². The lowest BCUT2D eigenvalue weighted by molar-refractivity contribution is -0.129. The van der Waals surface area contributed by atoms with Gasteiger partial charge in [-0.2, -0.15) is 9.78 Å². The second-order valence-electron chi connectivity index (χ2n) is 6.58. The molecule has 0 bridgehead atoms. The fraction of sp³-hybridized carbons (Fsp3) is 0.389. The lowest BCUT2D eigenvalue weighted by Crippen LogP contribution is -2.43. The highest BCUT2D eigenvalue weighted by atomic mass is 35.5. The van der Waals surface area contributed by atoms with Gasteiger partial charge in [0, 0.05) is 25.7 Å². The Kier molecular flexibility index (Phi) is 5.25. The number of likely N-dealkylation sites (N-methyl/N-ethyl adjacent to an activating group) is 1. The van der Waals surface area contributed by atoms with Crippen molar-refractivity contribution in [3.8, 4) is 5.69 Å². The van der Waals surface area contributed by atoms with Gasteiger partial charge in [-0.25, -0.2) is 0 Å². The summed E-state index contributed by atoms with van der Waals surface area (Å²) in [5, 5.41) is 4.86. The smallest absolute Gasteiger partial charge is 0.292 e. The number of anilines is 1. The van der Waals surface area contributed by atoms with E-state index in [1.54, 1.807) is 37.3 Å². The van der Waals surface area contributed by atoms with Crippen LogP contribution in [0.2, 0.25) is 10.0 Å². The van der Waals surface area contributed by atoms with Crippen LogP contribution in [-0.4, -0.2) is 47.3 Å². The third-order valence-corrected chi connectivity index (χ3v) is 5.35. The normalized spacial score (nSPS) is 16.8. The minimum absolute atomic E-state index is 0.00642. The summed E-state index contributed by atoms with van der Waals surface area (Å²) in [5.74, 6) is -0.00642. The molecule has 2 aromatic rings. The van der Waals surface area contributed by atoms with Crippen molar-refractivity contribution in [3.05, 3.63) is 50.4 Å². The Hall–Kier alpha value is -2.05. The van der Waals surface area contributed by atoms with Gasteiger partial charge in [-0.3, -0.25) is 9.59 Å². The third kappa shape index (κ3) is 3.31. The second-order valence-corrected chi connectivity index (χ2v) is 7.36. The van der Waals surface area contributed by atoms with Crippen LogP contribution in [0.25, 0.3) is 5.69 Å². The van der Waals surface area contributed by atoms with E-state index in [4.69, 9.17) is 23.2 Å². The predicted octanol–water partition coefficient (Wildman–Crippen LogP) is 2.90. The van der Waals surface area contributed by atoms with Crippen LogP contribution >= 0.6 is 23.2 Å². The van der Waals surface area contributed by atoms with Gasteiger partial charge in [-0.05, 0) is 37.5 Å². The summed E-state index contributed by atoms with van der Waals surface area (Å²) in [5.41, 5.74) is 1.51. The fourth-order valence-electron chi connectivity index (χ4n) is 3.13. The average Bonchev–Trinajstić information content (AvgIpc) is 3.08. The van der Waals surface area contributed by atoms with Crippen molar-refractivity contribution in [1.29, 1.82) is 0 Å². The molecule has 138 valence electrons. The molecule has 1 saturated heterocycles. The first-order chi connectivity index (χ1) is 12.3. The van der Waals surface area contributed by atoms with Crippen LogP contribution in [0.4, 0.5) is 5.69 Å². The number of aryl methyl sites for hydroxylation is 1. The van der Waals surface area contributed by atoms with E-state index in [-0.39, 0.29) is 17.0 Å². The zero-order valence-electron chi connectivity index (χ0n) is 14.9. The summed E-state index contributed by atoms with van der Waals surface area (Å²) in [7, 11) is 3.44. The van der Waals surface area contributed by atoms with Crippen LogP contribution in [0.1, 0.15) is 18.4 Å². The number of hydrogen-bond donors (Lipinski definition) is 0. The number of benzene rings is 1. The first-order valence-corrected chi connectivity index (χ1v) is 9.09. The summed E-state index contributed by atoms with van der Waals surface area (Å²) >= 11 is 12.5. The molecule has 1 aromatic heterocycles. The summed E-state index contributed by atoms with van der Waals surface area (Å²) in [6.07, 6.45) is 3.12. The lowest BCUT2D eigenvalue weighted by atomic mass is 10.2. The fourth-order valence-corrected chi connectivity index (χ4v) is 3.54. The molecule has 0 aliphatic carbocycles. The molecule has 0 spiro atoms. The number of hydrogen-bond acceptors (Lipinski definition) is 4. The van der Waals surface area contributed by atoms with E-state index in [0.29, 0.717) is 22.9 Å². The first kappa shape index (κ1) is 18.7. The molecule has 0 radical (unpaired) electrons. The van der Waals surface area contributed by atoms with Gasteiger partial charge in [0.25, 0.3) is 5.56 Å². The molecular formula is C18H20Cl2N4O2. The van der Waals surface area contributed by atoms with E-state index in [0.717, 1.165) is 18.4 Å². The molecule has 1 fully saturated rings. The Morgan fingerprint density at radius 3 is 2.69 bits per heavy atom. The molecule has 1 aliphatic rings. The van der Waals surface area contributed by atoms with Crippen molar-refractivity contribution in [2.45, 2.75) is 25.8 Å². The van der Waals surface area contributed by atoms with Crippen LogP contribution in [0.3, 0.4) is 0 Å². The van der Waals surface area contributed by atoms with E-state index in [1.807, 2.05) is 17.9 Å². The van der Waals surface area contributed by atoms with E-state index < -0.39 is 5.56 Å². The van der Waals surface area contributed by atoms with Crippen molar-refractivity contribution in [1.82, 2.24) is 14.7 Å². The van der Waals surface area contributed by atoms with E-state index in [2.05, 4.69) is 5.10 Å². The van der Waals surface area contributed by atoms with Gasteiger partial charge in [-0.1, -0.05) is 29.3 Å². The van der Waals surface area contributed by atoms with E-state index >= 15 is 0 Å². The first-order valence-electron chi connectivity index (χ1n) is 8.33. The maximum Gasteiger partial charge on any atom is 0.292 e. The number of carbonyl (C=O) groups is 1. The van der Waals surface area contributed by atoms with Gasteiger partial charge in [-0.15, -0.1) is 0 Å². The Balaban J connectivity index is 2.01. The van der Waals surface area contributed by atoms with Crippen LogP contribution in [-0.2, 0) is 4.79 Å². The Morgan fingerprint density at radius 1 is 1.31 bits per heavy atom. The number of aromatic nitrogens is 2. The molecule has 1 unspecified atom stereocenters. The molecule has 1 aliphatic heterocycles. The number of rotatable bonds is 3. The molecule has 26 heavy (non-hydrogen) atoms. The van der Waals surface area contributed by atoms with Crippen LogP contribution < -0.4 is 10.5 Å². The van der Waals surface area contributed by atoms with Gasteiger partial charge in [0.2, 0.25) is 5.91 Å². The molecule has 2 heterocycles. The highest BCUT2D eigenvalue weighted by Gasteiger charge is 2.33. The van der Waals surface area contributed by atoms with Crippen LogP contribution in [0.5, 0.6) is 0 Å². The molecule has 8 heteroatoms. The molecular weight excluding hydrogens is 375 g/mol. The third-order valence-electron chi connectivity index (χ3n) is 4.59. The predicted molar refractivity (Wildman–Crippen MR) is 104 cm³/mol. The monoisotopic (exact) mass is 394 g/mol. The van der Waals surface area contributed by atoms with Crippen molar-refractivity contribution < 1.29 is 4.79 Å². The minimum Gasteiger partial charge on any atom is -0.357 e. The Morgan fingerprint density at radius 2 is 2.04 bits per heavy atom. The second kappa shape index (κ2) is 7.29. The largest absolute Gasteiger partial charge is 0.357 e. The number of amides is 1. The molecule has 1 amide bonds. The topological polar surface area (TPSA) is 58.4 Å². The Labute approximate surface area is 161 Å². The van der Waals surface area contributed by atoms with E-state index in [1.165, 1.54) is 4.68 Å². The van der Waals surface area contributed by atoms with Crippen molar-refractivity contribution in [2.24, 2.45) is 0 Å². The van der Waals surface area contributed by atoms with Gasteiger partial charge in [0.1, 0.15) is 11.1 Å². The quantitative estimate of drug-likeness (QED) is 0.802. The van der Waals surface area contributed by atoms with Crippen molar-refractivity contribution >= 4 is 34.8 Å². The zero-order chi connectivity index (χ0) is 19.0. The zero-order valence-corrected chi connectivity index (χ0v) is 16.4. The van der Waals surface area contributed by atoms with Gasteiger partial charge >= 0.3 is 0 Å². The maximum absolute atomic E-state index is 12.8. The highest BCUT2D eigenvalue weighted by molar-refractivity contribution is 6.33. The van der Waals surface area contributed by atoms with E-state index in [9.17, 15) is 9.59 Å². The SMILES string of the molecule is Cc1ccc(-n2ncc(N3CCCC3C(=O)N(C)C)c(Cl)c2=O)cc1Cl. The van der Waals surface area contributed by atoms with Gasteiger partial charge in [0.15, 0.2) is 0 Å². The summed E-state index contributed by atoms with van der Waals surface area (Å²) < 4.78 is 1.22. The van der Waals surface area contributed by atoms with Crippen molar-refractivity contribution in [2.75, 3.05) is 25.5 Å². The molecule has 0 N–H and O–H groups in total. The lowest BCUT2D eigenvalue weighted by Gasteiger charge is -2.28. The summed E-state index contributed by atoms with van der Waals surface area (Å²) in [6.45, 7) is 2.54. The number of halogens is 2.